The molecule has 0 bridgehead atoms. The average molecular weight is 248 g/mol. The molecule has 1 saturated heterocycles. The fourth-order valence-electron chi connectivity index (χ4n) is 2.38. The first kappa shape index (κ1) is 12.9. The molecule has 98 valence electrons. The van der Waals surface area contributed by atoms with Crippen LogP contribution in [-0.2, 0) is 0 Å². The summed E-state index contributed by atoms with van der Waals surface area (Å²) < 4.78 is 0. The number of carbonyl (C=O) groups excluding carboxylic acids is 1. The average Bonchev–Trinajstić information content (AvgIpc) is 2.46. The van der Waals surface area contributed by atoms with Crippen LogP contribution < -0.4 is 5.32 Å². The Bertz CT molecular complexity index is 412. The van der Waals surface area contributed by atoms with Crippen molar-refractivity contribution in [3.63, 3.8) is 0 Å². The van der Waals surface area contributed by atoms with Crippen molar-refractivity contribution < 1.29 is 9.90 Å². The van der Waals surface area contributed by atoms with Crippen molar-refractivity contribution in [2.45, 2.75) is 12.8 Å². The van der Waals surface area contributed by atoms with E-state index >= 15 is 0 Å². The summed E-state index contributed by atoms with van der Waals surface area (Å²) in [6, 6.07) is 7.56. The quantitative estimate of drug-likeness (QED) is 0.853. The minimum absolute atomic E-state index is 0.0799. The monoisotopic (exact) mass is 248 g/mol. The van der Waals surface area contributed by atoms with Gasteiger partial charge in [0.2, 0.25) is 0 Å². The van der Waals surface area contributed by atoms with Crippen molar-refractivity contribution in [3.8, 4) is 0 Å². The van der Waals surface area contributed by atoms with Gasteiger partial charge < -0.3 is 15.3 Å². The third-order valence-corrected chi connectivity index (χ3v) is 3.59. The standard InChI is InChI=1S/C14H20N2O2/c1-15-13-5-3-2-4-12(13)14(18)16-8-6-11(10-17)7-9-16/h2-5,11,15,17H,6-10H2,1H3. The van der Waals surface area contributed by atoms with Gasteiger partial charge in [0.1, 0.15) is 0 Å². The fourth-order valence-corrected chi connectivity index (χ4v) is 2.38. The number of carbonyl (C=O) groups is 1. The number of nitrogens with zero attached hydrogens (tertiary/aromatic N) is 1. The largest absolute Gasteiger partial charge is 0.396 e. The predicted molar refractivity (Wildman–Crippen MR) is 71.7 cm³/mol. The molecule has 18 heavy (non-hydrogen) atoms. The van der Waals surface area contributed by atoms with Crippen LogP contribution in [0.4, 0.5) is 5.69 Å². The number of aliphatic hydroxyl groups excluding tert-OH is 1. The first-order valence-electron chi connectivity index (χ1n) is 6.43. The van der Waals surface area contributed by atoms with Gasteiger partial charge in [-0.05, 0) is 30.9 Å². The topological polar surface area (TPSA) is 52.6 Å². The number of rotatable bonds is 3. The summed E-state index contributed by atoms with van der Waals surface area (Å²) in [5.41, 5.74) is 1.59. The maximum Gasteiger partial charge on any atom is 0.255 e. The lowest BCUT2D eigenvalue weighted by Gasteiger charge is -2.31. The number of hydrogen-bond donors (Lipinski definition) is 2. The van der Waals surface area contributed by atoms with Gasteiger partial charge in [0.25, 0.3) is 5.91 Å². The number of amides is 1. The summed E-state index contributed by atoms with van der Waals surface area (Å²) in [5, 5.41) is 12.1. The Kier molecular flexibility index (Phi) is 4.20. The van der Waals surface area contributed by atoms with Crippen LogP contribution in [-0.4, -0.2) is 42.7 Å². The molecular formula is C14H20N2O2. The lowest BCUT2D eigenvalue weighted by atomic mass is 9.97. The third kappa shape index (κ3) is 2.64. The van der Waals surface area contributed by atoms with Gasteiger partial charge in [0, 0.05) is 32.4 Å². The SMILES string of the molecule is CNc1ccccc1C(=O)N1CCC(CO)CC1. The van der Waals surface area contributed by atoms with Crippen molar-refractivity contribution in [1.29, 1.82) is 0 Å². The van der Waals surface area contributed by atoms with Crippen molar-refractivity contribution in [2.75, 3.05) is 32.1 Å². The molecule has 0 aromatic heterocycles. The highest BCUT2D eigenvalue weighted by atomic mass is 16.3. The molecule has 0 atom stereocenters. The summed E-state index contributed by atoms with van der Waals surface area (Å²) in [4.78, 5) is 14.3. The van der Waals surface area contributed by atoms with Gasteiger partial charge in [-0.3, -0.25) is 4.79 Å². The fraction of sp³-hybridized carbons (Fsp3) is 0.500. The molecule has 2 rings (SSSR count). The van der Waals surface area contributed by atoms with Crippen molar-refractivity contribution in [1.82, 2.24) is 4.90 Å². The van der Waals surface area contributed by atoms with E-state index in [1.54, 1.807) is 0 Å². The van der Waals surface area contributed by atoms with E-state index in [2.05, 4.69) is 5.32 Å². The summed E-state index contributed by atoms with van der Waals surface area (Å²) in [6.45, 7) is 1.71. The van der Waals surface area contributed by atoms with E-state index in [4.69, 9.17) is 5.11 Å². The van der Waals surface area contributed by atoms with Gasteiger partial charge in [0.05, 0.1) is 5.56 Å². The number of hydrogen-bond acceptors (Lipinski definition) is 3. The Balaban J connectivity index is 2.08. The summed E-state index contributed by atoms with van der Waals surface area (Å²) in [6.07, 6.45) is 1.79. The molecule has 0 spiro atoms. The highest BCUT2D eigenvalue weighted by Crippen LogP contribution is 2.21. The van der Waals surface area contributed by atoms with Gasteiger partial charge in [0.15, 0.2) is 0 Å². The molecule has 4 nitrogen and oxygen atoms in total. The molecule has 4 heteroatoms. The first-order chi connectivity index (χ1) is 8.76. The number of piperidine rings is 1. The molecule has 0 aliphatic carbocycles. The maximum atomic E-state index is 12.4. The zero-order chi connectivity index (χ0) is 13.0. The Hall–Kier alpha value is -1.55. The number of nitrogens with one attached hydrogen (secondary N) is 1. The second-order valence-electron chi connectivity index (χ2n) is 4.71. The number of benzene rings is 1. The van der Waals surface area contributed by atoms with Gasteiger partial charge in [-0.1, -0.05) is 12.1 Å². The number of para-hydroxylation sites is 1. The van der Waals surface area contributed by atoms with E-state index in [9.17, 15) is 4.79 Å². The smallest absolute Gasteiger partial charge is 0.255 e. The van der Waals surface area contributed by atoms with Crippen molar-refractivity contribution >= 4 is 11.6 Å². The Morgan fingerprint density at radius 3 is 2.67 bits per heavy atom. The van der Waals surface area contributed by atoms with Gasteiger partial charge >= 0.3 is 0 Å². The maximum absolute atomic E-state index is 12.4. The van der Waals surface area contributed by atoms with Crippen LogP contribution in [0.25, 0.3) is 0 Å². The summed E-state index contributed by atoms with van der Waals surface area (Å²) in [5.74, 6) is 0.435. The number of anilines is 1. The second-order valence-corrected chi connectivity index (χ2v) is 4.71. The van der Waals surface area contributed by atoms with E-state index in [0.717, 1.165) is 37.2 Å². The lowest BCUT2D eigenvalue weighted by molar-refractivity contribution is 0.0652. The Morgan fingerprint density at radius 2 is 2.06 bits per heavy atom. The predicted octanol–water partition coefficient (Wildman–Crippen LogP) is 1.57. The Morgan fingerprint density at radius 1 is 1.39 bits per heavy atom. The minimum atomic E-state index is 0.0799. The summed E-state index contributed by atoms with van der Waals surface area (Å²) >= 11 is 0. The normalized spacial score (nSPS) is 16.7. The Labute approximate surface area is 108 Å². The molecule has 1 fully saturated rings. The minimum Gasteiger partial charge on any atom is -0.396 e. The molecule has 0 radical (unpaired) electrons. The van der Waals surface area contributed by atoms with E-state index in [1.165, 1.54) is 0 Å². The number of aliphatic hydroxyl groups is 1. The van der Waals surface area contributed by atoms with Crippen LogP contribution in [0.5, 0.6) is 0 Å². The highest BCUT2D eigenvalue weighted by molar-refractivity contribution is 5.99. The van der Waals surface area contributed by atoms with Crippen LogP contribution in [0, 0.1) is 5.92 Å². The highest BCUT2D eigenvalue weighted by Gasteiger charge is 2.24. The van der Waals surface area contributed by atoms with E-state index < -0.39 is 0 Å². The molecule has 2 N–H and O–H groups in total. The van der Waals surface area contributed by atoms with Crippen LogP contribution in [0.1, 0.15) is 23.2 Å². The molecule has 1 aliphatic heterocycles. The van der Waals surface area contributed by atoms with Gasteiger partial charge in [-0.25, -0.2) is 0 Å². The molecule has 1 heterocycles. The molecule has 0 unspecified atom stereocenters. The zero-order valence-electron chi connectivity index (χ0n) is 10.7. The zero-order valence-corrected chi connectivity index (χ0v) is 10.7. The summed E-state index contributed by atoms with van der Waals surface area (Å²) in [7, 11) is 1.82. The lowest BCUT2D eigenvalue weighted by Crippen LogP contribution is -2.39. The van der Waals surface area contributed by atoms with Gasteiger partial charge in [-0.2, -0.15) is 0 Å². The molecule has 1 aromatic rings. The van der Waals surface area contributed by atoms with Crippen LogP contribution in [0.3, 0.4) is 0 Å². The molecular weight excluding hydrogens is 228 g/mol. The van der Waals surface area contributed by atoms with E-state index in [0.29, 0.717) is 5.92 Å². The van der Waals surface area contributed by atoms with E-state index in [-0.39, 0.29) is 12.5 Å². The van der Waals surface area contributed by atoms with Crippen LogP contribution in [0.2, 0.25) is 0 Å². The van der Waals surface area contributed by atoms with Crippen molar-refractivity contribution in [3.05, 3.63) is 29.8 Å². The molecule has 0 saturated carbocycles. The number of likely N-dealkylation sites (tertiary alicyclic amines) is 1. The van der Waals surface area contributed by atoms with Crippen LogP contribution >= 0.6 is 0 Å². The third-order valence-electron chi connectivity index (χ3n) is 3.59. The second kappa shape index (κ2) is 5.87. The molecule has 1 aromatic carbocycles. The first-order valence-corrected chi connectivity index (χ1v) is 6.43. The van der Waals surface area contributed by atoms with Crippen LogP contribution in [0.15, 0.2) is 24.3 Å². The molecule has 1 amide bonds. The van der Waals surface area contributed by atoms with Crippen molar-refractivity contribution in [2.24, 2.45) is 5.92 Å². The van der Waals surface area contributed by atoms with E-state index in [1.807, 2.05) is 36.2 Å². The molecule has 1 aliphatic rings. The van der Waals surface area contributed by atoms with Gasteiger partial charge in [-0.15, -0.1) is 0 Å².